The van der Waals surface area contributed by atoms with E-state index >= 15 is 0 Å². The first-order chi connectivity index (χ1) is 26.7. The molecule has 15 heteroatoms. The minimum absolute atomic E-state index is 0.0564. The predicted molar refractivity (Wildman–Crippen MR) is 218 cm³/mol. The summed E-state index contributed by atoms with van der Waals surface area (Å²) in [6.45, 7) is 12.9. The smallest absolute Gasteiger partial charge is 0.290 e. The second-order valence-corrected chi connectivity index (χ2v) is 19.7. The number of hydrogen-bond donors (Lipinski definition) is 5. The molecule has 5 N–H and O–H groups in total. The molecule has 14 nitrogen and oxygen atoms in total. The summed E-state index contributed by atoms with van der Waals surface area (Å²) in [5.41, 5.74) is 0.0119. The van der Waals surface area contributed by atoms with E-state index in [2.05, 4.69) is 26.0 Å². The van der Waals surface area contributed by atoms with E-state index in [1.54, 1.807) is 25.7 Å². The number of hydrogen-bond acceptors (Lipinski definition) is 8. The van der Waals surface area contributed by atoms with Gasteiger partial charge < -0.3 is 26.2 Å². The van der Waals surface area contributed by atoms with Gasteiger partial charge in [-0.25, -0.2) is 13.1 Å². The summed E-state index contributed by atoms with van der Waals surface area (Å²) in [5, 5.41) is 11.5. The number of nitrogens with one attached hydrogen (secondary N) is 5. The highest BCUT2D eigenvalue weighted by Crippen LogP contribution is 2.43. The third-order valence-corrected chi connectivity index (χ3v) is 12.6. The Balaban J connectivity index is 1.57. The number of nitrogens with zero attached hydrogens (tertiary/aromatic N) is 1. The number of fused-ring (bicyclic) bond motifs is 1. The molecule has 1 aromatic rings. The Morgan fingerprint density at radius 1 is 0.825 bits per heavy atom. The van der Waals surface area contributed by atoms with Gasteiger partial charge in [-0.2, -0.15) is 0 Å². The van der Waals surface area contributed by atoms with Crippen molar-refractivity contribution in [3.05, 3.63) is 35.9 Å². The van der Waals surface area contributed by atoms with Gasteiger partial charge in [-0.15, -0.1) is 0 Å². The maximum absolute atomic E-state index is 14.8. The highest BCUT2D eigenvalue weighted by atomic mass is 32.2. The number of benzene rings is 1. The lowest BCUT2D eigenvalue weighted by Gasteiger charge is -2.38. The zero-order chi connectivity index (χ0) is 42.2. The lowest BCUT2D eigenvalue weighted by atomic mass is 9.82. The second kappa shape index (κ2) is 19.7. The molecule has 0 aromatic heterocycles. The standard InChI is InChI=1S/C42H66N6O8S/c1-9-17-31(35(49)40(53)43-26(4)27-18-12-10-13-19-27)44-39(52)34-30-23-16-22-29(30)24-48(34)41(54)36(42(5,6)7)46-38(51)33(28-20-14-11-15-21-28)45-37(50)32(25(2)3)47-57(8,55)56/h10,12-13,18-19,25-26,28-34,36,47H,9,11,14-17,20-24H2,1-8H3,(H,43,53)(H,44,52)(H,45,50)(H,46,51)/t26-,29-,30-,31-,32+,33-,34-,36+/m0/s1. The largest absolute Gasteiger partial charge is 0.344 e. The van der Waals surface area contributed by atoms with Crippen molar-refractivity contribution in [2.45, 2.75) is 149 Å². The van der Waals surface area contributed by atoms with Crippen molar-refractivity contribution >= 4 is 45.3 Å². The van der Waals surface area contributed by atoms with Gasteiger partial charge in [0.25, 0.3) is 5.91 Å². The van der Waals surface area contributed by atoms with Gasteiger partial charge in [-0.05, 0) is 73.7 Å². The predicted octanol–water partition coefficient (Wildman–Crippen LogP) is 3.51. The molecular formula is C42H66N6O8S. The molecule has 1 heterocycles. The summed E-state index contributed by atoms with van der Waals surface area (Å²) in [4.78, 5) is 85.4. The molecule has 2 aliphatic carbocycles. The first-order valence-corrected chi connectivity index (χ1v) is 22.7. The summed E-state index contributed by atoms with van der Waals surface area (Å²) < 4.78 is 26.7. The average molecular weight is 815 g/mol. The van der Waals surface area contributed by atoms with Gasteiger partial charge in [0, 0.05) is 6.54 Å². The van der Waals surface area contributed by atoms with E-state index in [-0.39, 0.29) is 24.2 Å². The van der Waals surface area contributed by atoms with E-state index in [1.807, 2.05) is 58.0 Å². The van der Waals surface area contributed by atoms with Gasteiger partial charge in [-0.1, -0.05) is 104 Å². The van der Waals surface area contributed by atoms with E-state index in [9.17, 15) is 37.2 Å². The van der Waals surface area contributed by atoms with Crippen molar-refractivity contribution in [1.29, 1.82) is 0 Å². The summed E-state index contributed by atoms with van der Waals surface area (Å²) in [6.07, 6.45) is 8.26. The van der Waals surface area contributed by atoms with E-state index in [1.165, 1.54) is 0 Å². The quantitative estimate of drug-likeness (QED) is 0.147. The van der Waals surface area contributed by atoms with Gasteiger partial charge in [0.2, 0.25) is 39.4 Å². The lowest BCUT2D eigenvalue weighted by Crippen LogP contribution is -2.63. The molecule has 0 spiro atoms. The molecule has 5 amide bonds. The monoisotopic (exact) mass is 814 g/mol. The topological polar surface area (TPSA) is 200 Å². The number of carbonyl (C=O) groups excluding carboxylic acids is 6. The highest BCUT2D eigenvalue weighted by Gasteiger charge is 2.52. The molecular weight excluding hydrogens is 749 g/mol. The number of rotatable bonds is 17. The van der Waals surface area contributed by atoms with E-state index in [4.69, 9.17) is 0 Å². The number of ketones is 1. The van der Waals surface area contributed by atoms with Crippen molar-refractivity contribution in [2.75, 3.05) is 12.8 Å². The van der Waals surface area contributed by atoms with E-state index in [0.717, 1.165) is 50.3 Å². The molecule has 4 rings (SSSR count). The molecule has 8 atom stereocenters. The van der Waals surface area contributed by atoms with Crippen LogP contribution in [0.1, 0.15) is 124 Å². The SMILES string of the molecule is CCC[C@H](NC(=O)[C@@H]1[C@H]2CCC[C@H]2CN1C(=O)[C@@H](NC(=O)[C@@H](NC(=O)[C@H](NS(C)(=O)=O)C(C)C)C1CCCCC1)C(C)(C)C)C(=O)C(=O)N[C@@H](C)c1ccccc1. The highest BCUT2D eigenvalue weighted by molar-refractivity contribution is 7.88. The third-order valence-electron chi connectivity index (χ3n) is 11.9. The van der Waals surface area contributed by atoms with Gasteiger partial charge in [0.15, 0.2) is 0 Å². The normalized spacial score (nSPS) is 22.8. The van der Waals surface area contributed by atoms with Crippen LogP contribution >= 0.6 is 0 Å². The Bertz CT molecular complexity index is 1710. The molecule has 0 unspecified atom stereocenters. The van der Waals surface area contributed by atoms with Crippen LogP contribution in [-0.4, -0.2) is 91.6 Å². The fourth-order valence-electron chi connectivity index (χ4n) is 8.81. The number of carbonyl (C=O) groups is 6. The molecule has 3 aliphatic rings. The number of Topliss-reactive ketones (excluding diaryl/α,β-unsaturated/α-hetero) is 1. The van der Waals surface area contributed by atoms with Crippen LogP contribution in [0.5, 0.6) is 0 Å². The van der Waals surface area contributed by atoms with Crippen LogP contribution in [-0.2, 0) is 38.8 Å². The minimum Gasteiger partial charge on any atom is -0.344 e. The van der Waals surface area contributed by atoms with E-state index < -0.39 is 92.9 Å². The van der Waals surface area contributed by atoms with Crippen LogP contribution in [0.3, 0.4) is 0 Å². The van der Waals surface area contributed by atoms with Gasteiger partial charge in [-0.3, -0.25) is 28.8 Å². The van der Waals surface area contributed by atoms with Crippen LogP contribution in [0, 0.1) is 29.1 Å². The molecule has 318 valence electrons. The molecule has 57 heavy (non-hydrogen) atoms. The first-order valence-electron chi connectivity index (χ1n) is 20.8. The van der Waals surface area contributed by atoms with Crippen LogP contribution in [0.4, 0.5) is 0 Å². The Kier molecular flexibility index (Phi) is 15.9. The van der Waals surface area contributed by atoms with Gasteiger partial charge >= 0.3 is 0 Å². The molecule has 1 saturated heterocycles. The van der Waals surface area contributed by atoms with E-state index in [0.29, 0.717) is 25.8 Å². The molecule has 1 aliphatic heterocycles. The first kappa shape index (κ1) is 45.8. The molecule has 3 fully saturated rings. The lowest BCUT2D eigenvalue weighted by molar-refractivity contribution is -0.146. The molecule has 0 bridgehead atoms. The van der Waals surface area contributed by atoms with Crippen LogP contribution in [0.15, 0.2) is 30.3 Å². The van der Waals surface area contributed by atoms with Crippen LogP contribution in [0.25, 0.3) is 0 Å². The number of amides is 5. The Morgan fingerprint density at radius 2 is 1.47 bits per heavy atom. The maximum Gasteiger partial charge on any atom is 0.290 e. The average Bonchev–Trinajstić information content (AvgIpc) is 3.76. The summed E-state index contributed by atoms with van der Waals surface area (Å²) in [7, 11) is -3.74. The zero-order valence-corrected chi connectivity index (χ0v) is 35.9. The Labute approximate surface area is 339 Å². The van der Waals surface area contributed by atoms with Gasteiger partial charge in [0.1, 0.15) is 24.2 Å². The fraction of sp³-hybridized carbons (Fsp3) is 0.714. The third kappa shape index (κ3) is 12.1. The van der Waals surface area contributed by atoms with Crippen LogP contribution < -0.4 is 26.0 Å². The maximum atomic E-state index is 14.8. The van der Waals surface area contributed by atoms with Crippen LogP contribution in [0.2, 0.25) is 0 Å². The molecule has 0 radical (unpaired) electrons. The van der Waals surface area contributed by atoms with Crippen molar-refractivity contribution in [2.24, 2.45) is 29.1 Å². The summed E-state index contributed by atoms with van der Waals surface area (Å²) >= 11 is 0. The van der Waals surface area contributed by atoms with Crippen molar-refractivity contribution in [3.63, 3.8) is 0 Å². The second-order valence-electron chi connectivity index (χ2n) is 17.9. The molecule has 1 aromatic carbocycles. The number of sulfonamides is 1. The Hall–Kier alpha value is -3.85. The van der Waals surface area contributed by atoms with Crippen molar-refractivity contribution in [3.8, 4) is 0 Å². The summed E-state index contributed by atoms with van der Waals surface area (Å²) in [6, 6.07) is 3.61. The van der Waals surface area contributed by atoms with Gasteiger partial charge in [0.05, 0.1) is 18.3 Å². The zero-order valence-electron chi connectivity index (χ0n) is 35.1. The summed E-state index contributed by atoms with van der Waals surface area (Å²) in [5.74, 6) is -4.40. The van der Waals surface area contributed by atoms with Crippen molar-refractivity contribution in [1.82, 2.24) is 30.9 Å². The van der Waals surface area contributed by atoms with Crippen molar-refractivity contribution < 1.29 is 37.2 Å². The number of likely N-dealkylation sites (tertiary alicyclic amines) is 1. The molecule has 2 saturated carbocycles. The minimum atomic E-state index is -3.74. The fourth-order valence-corrected chi connectivity index (χ4v) is 9.65. The Morgan fingerprint density at radius 3 is 2.05 bits per heavy atom.